The summed E-state index contributed by atoms with van der Waals surface area (Å²) >= 11 is 3.32. The van der Waals surface area contributed by atoms with Gasteiger partial charge in [0.05, 0.1) is 26.1 Å². The van der Waals surface area contributed by atoms with Crippen LogP contribution in [0.15, 0.2) is 28.7 Å². The Balaban J connectivity index is 2.85. The van der Waals surface area contributed by atoms with Crippen LogP contribution in [0.4, 0.5) is 0 Å². The Hall–Kier alpha value is -1.40. The van der Waals surface area contributed by atoms with Gasteiger partial charge in [0, 0.05) is 4.47 Å². The standard InChI is InChI=1S/C12H15BrN2O3/c1-18-12(17)6-10(15-11(16)7-14)8-2-4-9(13)5-3-8/h2-5,10H,6-7,14H2,1H3,(H,15,16). The minimum Gasteiger partial charge on any atom is -0.469 e. The molecule has 0 spiro atoms. The van der Waals surface area contributed by atoms with Gasteiger partial charge in [0.15, 0.2) is 0 Å². The first-order valence-corrected chi connectivity index (χ1v) is 6.17. The maximum absolute atomic E-state index is 11.3. The third-order valence-electron chi connectivity index (χ3n) is 2.39. The van der Waals surface area contributed by atoms with Gasteiger partial charge in [-0.15, -0.1) is 0 Å². The number of amides is 1. The topological polar surface area (TPSA) is 81.4 Å². The van der Waals surface area contributed by atoms with Crippen LogP contribution in [-0.4, -0.2) is 25.5 Å². The zero-order chi connectivity index (χ0) is 13.5. The van der Waals surface area contributed by atoms with Crippen molar-refractivity contribution in [1.29, 1.82) is 0 Å². The van der Waals surface area contributed by atoms with Gasteiger partial charge in [-0.2, -0.15) is 0 Å². The first kappa shape index (κ1) is 14.7. The number of benzene rings is 1. The summed E-state index contributed by atoms with van der Waals surface area (Å²) in [6, 6.07) is 6.91. The Morgan fingerprint density at radius 1 is 1.39 bits per heavy atom. The highest BCUT2D eigenvalue weighted by Crippen LogP contribution is 2.20. The Kier molecular flexibility index (Phi) is 5.80. The number of nitrogens with one attached hydrogen (secondary N) is 1. The number of carbonyl (C=O) groups excluding carboxylic acids is 2. The Labute approximate surface area is 114 Å². The van der Waals surface area contributed by atoms with Crippen molar-refractivity contribution in [1.82, 2.24) is 5.32 Å². The fourth-order valence-electron chi connectivity index (χ4n) is 1.45. The van der Waals surface area contributed by atoms with Crippen molar-refractivity contribution in [2.45, 2.75) is 12.5 Å². The van der Waals surface area contributed by atoms with Gasteiger partial charge in [-0.3, -0.25) is 9.59 Å². The zero-order valence-corrected chi connectivity index (χ0v) is 11.6. The van der Waals surface area contributed by atoms with Gasteiger partial charge in [0.2, 0.25) is 5.91 Å². The van der Waals surface area contributed by atoms with Crippen LogP contribution in [0.3, 0.4) is 0 Å². The number of nitrogens with two attached hydrogens (primary N) is 1. The molecule has 3 N–H and O–H groups in total. The van der Waals surface area contributed by atoms with Crippen LogP contribution in [0.25, 0.3) is 0 Å². The average Bonchev–Trinajstić information content (AvgIpc) is 2.38. The average molecular weight is 315 g/mol. The van der Waals surface area contributed by atoms with E-state index in [1.807, 2.05) is 24.3 Å². The van der Waals surface area contributed by atoms with Crippen LogP contribution in [0, 0.1) is 0 Å². The number of ether oxygens (including phenoxy) is 1. The second kappa shape index (κ2) is 7.13. The van der Waals surface area contributed by atoms with E-state index in [-0.39, 0.29) is 24.8 Å². The molecule has 0 fully saturated rings. The number of halogens is 1. The summed E-state index contributed by atoms with van der Waals surface area (Å²) in [7, 11) is 1.31. The van der Waals surface area contributed by atoms with Gasteiger partial charge >= 0.3 is 5.97 Å². The molecular formula is C12H15BrN2O3. The van der Waals surface area contributed by atoms with Gasteiger partial charge in [-0.05, 0) is 17.7 Å². The molecule has 0 aliphatic heterocycles. The number of hydrogen-bond acceptors (Lipinski definition) is 4. The molecule has 1 unspecified atom stereocenters. The molecule has 6 heteroatoms. The molecule has 1 aromatic carbocycles. The summed E-state index contributed by atoms with van der Waals surface area (Å²) in [5.74, 6) is -0.702. The highest BCUT2D eigenvalue weighted by Gasteiger charge is 2.18. The number of hydrogen-bond donors (Lipinski definition) is 2. The molecule has 18 heavy (non-hydrogen) atoms. The van der Waals surface area contributed by atoms with E-state index in [2.05, 4.69) is 26.0 Å². The van der Waals surface area contributed by atoms with Gasteiger partial charge in [-0.1, -0.05) is 28.1 Å². The molecule has 1 aromatic rings. The quantitative estimate of drug-likeness (QED) is 0.798. The fraction of sp³-hybridized carbons (Fsp3) is 0.333. The van der Waals surface area contributed by atoms with Crippen LogP contribution in [0.5, 0.6) is 0 Å². The van der Waals surface area contributed by atoms with Crippen LogP contribution >= 0.6 is 15.9 Å². The number of rotatable bonds is 5. The Morgan fingerprint density at radius 2 is 2.00 bits per heavy atom. The number of esters is 1. The summed E-state index contributed by atoms with van der Waals surface area (Å²) in [6.07, 6.45) is 0.0733. The smallest absolute Gasteiger partial charge is 0.307 e. The van der Waals surface area contributed by atoms with Crippen molar-refractivity contribution in [2.24, 2.45) is 5.73 Å². The minimum absolute atomic E-state index is 0.0733. The van der Waals surface area contributed by atoms with E-state index in [0.29, 0.717) is 0 Å². The van der Waals surface area contributed by atoms with Crippen molar-refractivity contribution < 1.29 is 14.3 Å². The zero-order valence-electron chi connectivity index (χ0n) is 9.98. The van der Waals surface area contributed by atoms with E-state index in [0.717, 1.165) is 10.0 Å². The van der Waals surface area contributed by atoms with Crippen molar-refractivity contribution >= 4 is 27.8 Å². The lowest BCUT2D eigenvalue weighted by Gasteiger charge is -2.17. The molecule has 0 bridgehead atoms. The van der Waals surface area contributed by atoms with Crippen molar-refractivity contribution in [3.63, 3.8) is 0 Å². The normalized spacial score (nSPS) is 11.7. The van der Waals surface area contributed by atoms with E-state index in [1.54, 1.807) is 0 Å². The van der Waals surface area contributed by atoms with Crippen molar-refractivity contribution in [3.05, 3.63) is 34.3 Å². The van der Waals surface area contributed by atoms with Gasteiger partial charge < -0.3 is 15.8 Å². The molecule has 0 saturated carbocycles. The molecule has 1 rings (SSSR count). The van der Waals surface area contributed by atoms with E-state index in [1.165, 1.54) is 7.11 Å². The lowest BCUT2D eigenvalue weighted by Crippen LogP contribution is -2.34. The van der Waals surface area contributed by atoms with Crippen LogP contribution in [0.2, 0.25) is 0 Å². The lowest BCUT2D eigenvalue weighted by molar-refractivity contribution is -0.141. The molecule has 0 radical (unpaired) electrons. The molecular weight excluding hydrogens is 300 g/mol. The monoisotopic (exact) mass is 314 g/mol. The highest BCUT2D eigenvalue weighted by molar-refractivity contribution is 9.10. The van der Waals surface area contributed by atoms with Gasteiger partial charge in [0.1, 0.15) is 0 Å². The maximum atomic E-state index is 11.3. The number of carbonyl (C=O) groups is 2. The van der Waals surface area contributed by atoms with E-state index in [4.69, 9.17) is 5.73 Å². The molecule has 0 heterocycles. The van der Waals surface area contributed by atoms with Crippen LogP contribution in [-0.2, 0) is 14.3 Å². The predicted octanol–water partition coefficient (Wildman–Crippen LogP) is 1.13. The summed E-state index contributed by atoms with van der Waals surface area (Å²) in [5, 5.41) is 2.69. The summed E-state index contributed by atoms with van der Waals surface area (Å²) in [5.41, 5.74) is 6.07. The SMILES string of the molecule is COC(=O)CC(NC(=O)CN)c1ccc(Br)cc1. The molecule has 98 valence electrons. The molecule has 0 aromatic heterocycles. The summed E-state index contributed by atoms with van der Waals surface area (Å²) in [4.78, 5) is 22.7. The fourth-order valence-corrected chi connectivity index (χ4v) is 1.71. The first-order valence-electron chi connectivity index (χ1n) is 5.38. The van der Waals surface area contributed by atoms with Gasteiger partial charge in [0.25, 0.3) is 0 Å². The van der Waals surface area contributed by atoms with E-state index >= 15 is 0 Å². The minimum atomic E-state index is -0.429. The van der Waals surface area contributed by atoms with Crippen LogP contribution in [0.1, 0.15) is 18.0 Å². The Morgan fingerprint density at radius 3 is 2.50 bits per heavy atom. The maximum Gasteiger partial charge on any atom is 0.307 e. The molecule has 1 amide bonds. The predicted molar refractivity (Wildman–Crippen MR) is 70.7 cm³/mol. The van der Waals surface area contributed by atoms with Gasteiger partial charge in [-0.25, -0.2) is 0 Å². The summed E-state index contributed by atoms with van der Waals surface area (Å²) < 4.78 is 5.53. The first-order chi connectivity index (χ1) is 8.56. The highest BCUT2D eigenvalue weighted by atomic mass is 79.9. The summed E-state index contributed by atoms with van der Waals surface area (Å²) in [6.45, 7) is -0.117. The lowest BCUT2D eigenvalue weighted by atomic mass is 10.0. The van der Waals surface area contributed by atoms with E-state index < -0.39 is 6.04 Å². The molecule has 0 aliphatic rings. The Bertz CT molecular complexity index is 402. The van der Waals surface area contributed by atoms with Crippen molar-refractivity contribution in [3.8, 4) is 0 Å². The molecule has 5 nitrogen and oxygen atoms in total. The largest absolute Gasteiger partial charge is 0.469 e. The number of methoxy groups -OCH3 is 1. The third kappa shape index (κ3) is 4.46. The van der Waals surface area contributed by atoms with Crippen molar-refractivity contribution in [2.75, 3.05) is 13.7 Å². The third-order valence-corrected chi connectivity index (χ3v) is 2.92. The second-order valence-corrected chi connectivity index (χ2v) is 4.57. The molecule has 0 saturated heterocycles. The van der Waals surface area contributed by atoms with Crippen LogP contribution < -0.4 is 11.1 Å². The molecule has 0 aliphatic carbocycles. The second-order valence-electron chi connectivity index (χ2n) is 3.66. The molecule has 1 atom stereocenters. The van der Waals surface area contributed by atoms with E-state index in [9.17, 15) is 9.59 Å².